The third-order valence-electron chi connectivity index (χ3n) is 5.54. The number of nitrogens with zero attached hydrogens (tertiary/aromatic N) is 1. The van der Waals surface area contributed by atoms with Gasteiger partial charge in [-0.2, -0.15) is 0 Å². The number of piperidine rings is 1. The number of ketones is 1. The zero-order chi connectivity index (χ0) is 18.9. The Morgan fingerprint density at radius 1 is 1.11 bits per heavy atom. The lowest BCUT2D eigenvalue weighted by molar-refractivity contribution is -0.134. The van der Waals surface area contributed by atoms with Gasteiger partial charge in [-0.3, -0.25) is 9.59 Å². The van der Waals surface area contributed by atoms with Crippen LogP contribution in [0.4, 0.5) is 0 Å². The fourth-order valence-electron chi connectivity index (χ4n) is 3.92. The largest absolute Gasteiger partial charge is 0.497 e. The minimum absolute atomic E-state index is 0.109. The molecule has 2 aliphatic rings. The number of methoxy groups -OCH3 is 1. The van der Waals surface area contributed by atoms with Gasteiger partial charge in [-0.15, -0.1) is 0 Å². The Hall–Kier alpha value is -2.82. The highest BCUT2D eigenvalue weighted by molar-refractivity contribution is 6.00. The quantitative estimate of drug-likeness (QED) is 0.838. The molecule has 4 rings (SSSR count). The van der Waals surface area contributed by atoms with Crippen molar-refractivity contribution in [3.8, 4) is 11.5 Å². The minimum atomic E-state index is -0.470. The molecule has 27 heavy (non-hydrogen) atoms. The minimum Gasteiger partial charge on any atom is -0.497 e. The summed E-state index contributed by atoms with van der Waals surface area (Å²) in [6.07, 6.45) is 2.13. The second kappa shape index (κ2) is 7.06. The number of rotatable bonds is 3. The van der Waals surface area contributed by atoms with Crippen LogP contribution in [0.25, 0.3) is 0 Å². The Kier molecular flexibility index (Phi) is 4.60. The molecule has 0 unspecified atom stereocenters. The molecule has 5 nitrogen and oxygen atoms in total. The van der Waals surface area contributed by atoms with E-state index in [1.807, 2.05) is 53.4 Å². The first-order chi connectivity index (χ1) is 13.1. The zero-order valence-corrected chi connectivity index (χ0v) is 15.4. The number of likely N-dealkylation sites (tertiary alicyclic amines) is 1. The monoisotopic (exact) mass is 365 g/mol. The van der Waals surface area contributed by atoms with Crippen LogP contribution in [0.15, 0.2) is 48.5 Å². The maximum atomic E-state index is 12.6. The number of Topliss-reactive ketones (excluding diaryl/α,β-unsaturated/α-hetero) is 1. The number of para-hydroxylation sites is 1. The third-order valence-corrected chi connectivity index (χ3v) is 5.54. The molecule has 140 valence electrons. The van der Waals surface area contributed by atoms with Crippen LogP contribution < -0.4 is 9.47 Å². The van der Waals surface area contributed by atoms with E-state index in [0.717, 1.165) is 11.3 Å². The van der Waals surface area contributed by atoms with Gasteiger partial charge in [-0.25, -0.2) is 0 Å². The summed E-state index contributed by atoms with van der Waals surface area (Å²) < 4.78 is 11.4. The third kappa shape index (κ3) is 3.54. The molecule has 5 heteroatoms. The van der Waals surface area contributed by atoms with Gasteiger partial charge < -0.3 is 14.4 Å². The predicted molar refractivity (Wildman–Crippen MR) is 101 cm³/mol. The maximum absolute atomic E-state index is 12.6. The lowest BCUT2D eigenvalue weighted by Crippen LogP contribution is -2.52. The molecule has 2 aromatic rings. The van der Waals surface area contributed by atoms with Gasteiger partial charge >= 0.3 is 0 Å². The van der Waals surface area contributed by atoms with Crippen LogP contribution in [0.1, 0.15) is 35.2 Å². The molecular formula is C22H23NO4. The maximum Gasteiger partial charge on any atom is 0.226 e. The predicted octanol–water partition coefficient (Wildman–Crippen LogP) is 3.26. The Bertz CT molecular complexity index is 851. The average Bonchev–Trinajstić information content (AvgIpc) is 2.69. The van der Waals surface area contributed by atoms with Gasteiger partial charge in [0.15, 0.2) is 5.78 Å². The van der Waals surface area contributed by atoms with Crippen molar-refractivity contribution < 1.29 is 19.1 Å². The van der Waals surface area contributed by atoms with E-state index in [4.69, 9.17) is 9.47 Å². The first kappa shape index (κ1) is 17.6. The summed E-state index contributed by atoms with van der Waals surface area (Å²) in [6, 6.07) is 15.0. The molecule has 0 atom stereocenters. The molecule has 0 aromatic heterocycles. The Labute approximate surface area is 158 Å². The average molecular weight is 365 g/mol. The lowest BCUT2D eigenvalue weighted by Gasteiger charge is -2.44. The number of ether oxygens (including phenoxy) is 2. The van der Waals surface area contributed by atoms with Crippen LogP contribution in [0.5, 0.6) is 11.5 Å². The van der Waals surface area contributed by atoms with Gasteiger partial charge in [0, 0.05) is 25.9 Å². The zero-order valence-electron chi connectivity index (χ0n) is 15.4. The van der Waals surface area contributed by atoms with Crippen LogP contribution >= 0.6 is 0 Å². The van der Waals surface area contributed by atoms with Crippen molar-refractivity contribution in [1.82, 2.24) is 4.90 Å². The lowest BCUT2D eigenvalue weighted by atomic mass is 9.82. The molecule has 0 aliphatic carbocycles. The van der Waals surface area contributed by atoms with Crippen molar-refractivity contribution in [2.75, 3.05) is 20.2 Å². The standard InChI is InChI=1S/C22H23NO4/c1-26-17-8-6-16(7-9-17)14-21(25)23-12-10-22(11-13-23)15-19(24)18-4-2-3-5-20(18)27-22/h2-9H,10-15H2,1H3. The van der Waals surface area contributed by atoms with Crippen LogP contribution in [0, 0.1) is 0 Å². The van der Waals surface area contributed by atoms with E-state index < -0.39 is 5.60 Å². The number of hydrogen-bond donors (Lipinski definition) is 0. The van der Waals surface area contributed by atoms with Crippen LogP contribution in [-0.4, -0.2) is 42.4 Å². The summed E-state index contributed by atoms with van der Waals surface area (Å²) in [5.41, 5.74) is 1.17. The van der Waals surface area contributed by atoms with Gasteiger partial charge in [0.1, 0.15) is 17.1 Å². The van der Waals surface area contributed by atoms with Gasteiger partial charge in [0.05, 0.1) is 25.5 Å². The molecule has 1 amide bonds. The highest BCUT2D eigenvalue weighted by Crippen LogP contribution is 2.39. The molecule has 1 saturated heterocycles. The van der Waals surface area contributed by atoms with Crippen molar-refractivity contribution in [2.24, 2.45) is 0 Å². The number of amides is 1. The number of benzene rings is 2. The van der Waals surface area contributed by atoms with E-state index in [1.165, 1.54) is 0 Å². The first-order valence-corrected chi connectivity index (χ1v) is 9.30. The first-order valence-electron chi connectivity index (χ1n) is 9.30. The normalized spacial score (nSPS) is 18.0. The van der Waals surface area contributed by atoms with E-state index in [2.05, 4.69) is 0 Å². The molecule has 2 aliphatic heterocycles. The second-order valence-corrected chi connectivity index (χ2v) is 7.29. The number of fused-ring (bicyclic) bond motifs is 1. The number of carbonyl (C=O) groups excluding carboxylic acids is 2. The van der Waals surface area contributed by atoms with Crippen molar-refractivity contribution >= 4 is 11.7 Å². The summed E-state index contributed by atoms with van der Waals surface area (Å²) in [7, 11) is 1.63. The molecule has 1 fully saturated rings. The second-order valence-electron chi connectivity index (χ2n) is 7.29. The molecule has 2 aromatic carbocycles. The van der Waals surface area contributed by atoms with Crippen LogP contribution in [0.3, 0.4) is 0 Å². The molecule has 0 saturated carbocycles. The van der Waals surface area contributed by atoms with E-state index in [-0.39, 0.29) is 11.7 Å². The van der Waals surface area contributed by atoms with Crippen molar-refractivity contribution in [2.45, 2.75) is 31.3 Å². The SMILES string of the molecule is COc1ccc(CC(=O)N2CCC3(CC2)CC(=O)c2ccccc2O3)cc1. The Balaban J connectivity index is 1.38. The van der Waals surface area contributed by atoms with E-state index in [9.17, 15) is 9.59 Å². The van der Waals surface area contributed by atoms with Crippen LogP contribution in [-0.2, 0) is 11.2 Å². The Morgan fingerprint density at radius 2 is 1.81 bits per heavy atom. The van der Waals surface area contributed by atoms with Gasteiger partial charge in [0.25, 0.3) is 0 Å². The van der Waals surface area contributed by atoms with Crippen molar-refractivity contribution in [3.63, 3.8) is 0 Å². The van der Waals surface area contributed by atoms with E-state index >= 15 is 0 Å². The summed E-state index contributed by atoms with van der Waals surface area (Å²) in [4.78, 5) is 27.0. The fourth-order valence-corrected chi connectivity index (χ4v) is 3.92. The molecule has 0 N–H and O–H groups in total. The van der Waals surface area contributed by atoms with Crippen molar-refractivity contribution in [1.29, 1.82) is 0 Å². The van der Waals surface area contributed by atoms with Gasteiger partial charge in [-0.05, 0) is 29.8 Å². The van der Waals surface area contributed by atoms with Gasteiger partial charge in [-0.1, -0.05) is 24.3 Å². The van der Waals surface area contributed by atoms with E-state index in [0.29, 0.717) is 50.1 Å². The van der Waals surface area contributed by atoms with Crippen LogP contribution in [0.2, 0.25) is 0 Å². The summed E-state index contributed by atoms with van der Waals surface area (Å²) in [5.74, 6) is 1.70. The molecule has 0 bridgehead atoms. The molecule has 2 heterocycles. The van der Waals surface area contributed by atoms with E-state index in [1.54, 1.807) is 7.11 Å². The number of carbonyl (C=O) groups is 2. The molecule has 1 spiro atoms. The smallest absolute Gasteiger partial charge is 0.226 e. The highest BCUT2D eigenvalue weighted by Gasteiger charge is 2.43. The highest BCUT2D eigenvalue weighted by atomic mass is 16.5. The van der Waals surface area contributed by atoms with Gasteiger partial charge in [0.2, 0.25) is 5.91 Å². The summed E-state index contributed by atoms with van der Waals surface area (Å²) in [6.45, 7) is 1.23. The molecule has 0 radical (unpaired) electrons. The Morgan fingerprint density at radius 3 is 2.52 bits per heavy atom. The summed E-state index contributed by atoms with van der Waals surface area (Å²) >= 11 is 0. The fraction of sp³-hybridized carbons (Fsp3) is 0.364. The molecular weight excluding hydrogens is 342 g/mol. The van der Waals surface area contributed by atoms with Crippen molar-refractivity contribution in [3.05, 3.63) is 59.7 Å². The number of hydrogen-bond acceptors (Lipinski definition) is 4. The topological polar surface area (TPSA) is 55.8 Å². The summed E-state index contributed by atoms with van der Waals surface area (Å²) in [5, 5.41) is 0.